The lowest BCUT2D eigenvalue weighted by Crippen LogP contribution is -2.37. The number of amides is 1. The summed E-state index contributed by atoms with van der Waals surface area (Å²) in [5.74, 6) is -0.117. The minimum absolute atomic E-state index is 0.0664. The number of aromatic nitrogens is 3. The third-order valence-electron chi connectivity index (χ3n) is 5.46. The van der Waals surface area contributed by atoms with Crippen molar-refractivity contribution in [3.63, 3.8) is 0 Å². The number of nitrogens with zero attached hydrogens (tertiary/aromatic N) is 4. The molecule has 1 amide bonds. The molecule has 0 fully saturated rings. The summed E-state index contributed by atoms with van der Waals surface area (Å²) >= 11 is 0. The van der Waals surface area contributed by atoms with Crippen molar-refractivity contribution in [3.05, 3.63) is 76.7 Å². The van der Waals surface area contributed by atoms with Crippen LogP contribution in [-0.2, 0) is 24.4 Å². The van der Waals surface area contributed by atoms with Gasteiger partial charge in [0.2, 0.25) is 5.91 Å². The topological polar surface area (TPSA) is 60.1 Å². The smallest absolute Gasteiger partial charge is 0.291 e. The van der Waals surface area contributed by atoms with Crippen LogP contribution in [0.5, 0.6) is 0 Å². The molecule has 0 spiro atoms. The maximum Gasteiger partial charge on any atom is 0.291 e. The Morgan fingerprint density at radius 3 is 2.47 bits per heavy atom. The van der Waals surface area contributed by atoms with Crippen molar-refractivity contribution in [1.82, 2.24) is 19.2 Å². The fourth-order valence-corrected chi connectivity index (χ4v) is 3.97. The standard InChI is InChI=1S/C24H26N4O2/c1-3-14-27-21-13-9-8-12-19(21)20-15-25-28(24(30)23(20)27)17-22(29)26(4-2)16-18-10-6-5-7-11-18/h5-13,15H,3-4,14,16-17H2,1-2H3. The van der Waals surface area contributed by atoms with Gasteiger partial charge in [-0.1, -0.05) is 55.5 Å². The molecule has 0 aliphatic rings. The molecule has 2 aromatic heterocycles. The number of para-hydroxylation sites is 1. The minimum atomic E-state index is -0.221. The molecule has 0 saturated heterocycles. The van der Waals surface area contributed by atoms with Gasteiger partial charge in [0.1, 0.15) is 12.1 Å². The maximum atomic E-state index is 13.3. The Labute approximate surface area is 175 Å². The van der Waals surface area contributed by atoms with Gasteiger partial charge in [0, 0.05) is 35.9 Å². The van der Waals surface area contributed by atoms with Crippen LogP contribution in [0.4, 0.5) is 0 Å². The summed E-state index contributed by atoms with van der Waals surface area (Å²) in [5.41, 5.74) is 2.48. The first-order valence-electron chi connectivity index (χ1n) is 10.4. The lowest BCUT2D eigenvalue weighted by molar-refractivity contribution is -0.132. The molecule has 0 saturated carbocycles. The highest BCUT2D eigenvalue weighted by Crippen LogP contribution is 2.26. The first kappa shape index (κ1) is 19.9. The second-order valence-corrected chi connectivity index (χ2v) is 7.43. The van der Waals surface area contributed by atoms with Crippen molar-refractivity contribution in [1.29, 1.82) is 0 Å². The average molecular weight is 402 g/mol. The average Bonchev–Trinajstić information content (AvgIpc) is 3.09. The van der Waals surface area contributed by atoms with Gasteiger partial charge in [0.25, 0.3) is 5.56 Å². The number of aryl methyl sites for hydroxylation is 1. The second kappa shape index (κ2) is 8.53. The van der Waals surface area contributed by atoms with Gasteiger partial charge in [-0.25, -0.2) is 4.68 Å². The molecule has 30 heavy (non-hydrogen) atoms. The molecule has 0 aliphatic heterocycles. The first-order chi connectivity index (χ1) is 14.6. The van der Waals surface area contributed by atoms with E-state index in [0.29, 0.717) is 18.6 Å². The molecule has 0 radical (unpaired) electrons. The van der Waals surface area contributed by atoms with Gasteiger partial charge in [-0.15, -0.1) is 0 Å². The SMILES string of the molecule is CCCn1c2ccccc2c2cnn(CC(=O)N(CC)Cc3ccccc3)c(=O)c21. The molecule has 2 aromatic carbocycles. The van der Waals surface area contributed by atoms with Crippen molar-refractivity contribution < 1.29 is 4.79 Å². The predicted molar refractivity (Wildman–Crippen MR) is 119 cm³/mol. The first-order valence-corrected chi connectivity index (χ1v) is 10.4. The van der Waals surface area contributed by atoms with Crippen LogP contribution >= 0.6 is 0 Å². The van der Waals surface area contributed by atoms with Gasteiger partial charge in [-0.05, 0) is 25.0 Å². The zero-order valence-corrected chi connectivity index (χ0v) is 17.4. The van der Waals surface area contributed by atoms with E-state index in [1.807, 2.05) is 61.5 Å². The predicted octanol–water partition coefficient (Wildman–Crippen LogP) is 3.81. The summed E-state index contributed by atoms with van der Waals surface area (Å²) in [6, 6.07) is 17.8. The largest absolute Gasteiger partial charge is 0.337 e. The van der Waals surface area contributed by atoms with E-state index in [0.717, 1.165) is 34.8 Å². The van der Waals surface area contributed by atoms with Gasteiger partial charge in [-0.2, -0.15) is 5.10 Å². The molecule has 154 valence electrons. The van der Waals surface area contributed by atoms with E-state index in [4.69, 9.17) is 0 Å². The quantitative estimate of drug-likeness (QED) is 0.472. The Hall–Kier alpha value is -3.41. The highest BCUT2D eigenvalue weighted by atomic mass is 16.2. The third-order valence-corrected chi connectivity index (χ3v) is 5.46. The highest BCUT2D eigenvalue weighted by Gasteiger charge is 2.18. The third kappa shape index (κ3) is 3.61. The Balaban J connectivity index is 1.70. The van der Waals surface area contributed by atoms with E-state index < -0.39 is 0 Å². The van der Waals surface area contributed by atoms with E-state index in [-0.39, 0.29) is 18.0 Å². The molecule has 6 heteroatoms. The Bertz CT molecular complexity index is 1240. The molecule has 4 aromatic rings. The van der Waals surface area contributed by atoms with E-state index in [9.17, 15) is 9.59 Å². The van der Waals surface area contributed by atoms with Crippen LogP contribution in [0.3, 0.4) is 0 Å². The summed E-state index contributed by atoms with van der Waals surface area (Å²) in [6.07, 6.45) is 2.63. The van der Waals surface area contributed by atoms with Gasteiger partial charge in [-0.3, -0.25) is 9.59 Å². The van der Waals surface area contributed by atoms with Crippen molar-refractivity contribution in [2.24, 2.45) is 0 Å². The second-order valence-electron chi connectivity index (χ2n) is 7.43. The van der Waals surface area contributed by atoms with Crippen molar-refractivity contribution in [2.45, 2.75) is 39.9 Å². The van der Waals surface area contributed by atoms with Crippen LogP contribution in [0, 0.1) is 0 Å². The zero-order chi connectivity index (χ0) is 21.1. The van der Waals surface area contributed by atoms with E-state index in [1.165, 1.54) is 4.68 Å². The Morgan fingerprint density at radius 1 is 1.00 bits per heavy atom. The van der Waals surface area contributed by atoms with Crippen LogP contribution in [-0.4, -0.2) is 31.7 Å². The van der Waals surface area contributed by atoms with Crippen LogP contribution in [0.25, 0.3) is 21.8 Å². The van der Waals surface area contributed by atoms with Gasteiger partial charge in [0.15, 0.2) is 0 Å². The Kier molecular flexibility index (Phi) is 5.65. The van der Waals surface area contributed by atoms with Gasteiger partial charge >= 0.3 is 0 Å². The molecule has 2 heterocycles. The fraction of sp³-hybridized carbons (Fsp3) is 0.292. The van der Waals surface area contributed by atoms with Gasteiger partial charge in [0.05, 0.1) is 6.20 Å². The van der Waals surface area contributed by atoms with Crippen molar-refractivity contribution >= 4 is 27.7 Å². The number of likely N-dealkylation sites (N-methyl/N-ethyl adjacent to an activating group) is 1. The number of rotatable bonds is 7. The van der Waals surface area contributed by atoms with Crippen LogP contribution < -0.4 is 5.56 Å². The van der Waals surface area contributed by atoms with Gasteiger partial charge < -0.3 is 9.47 Å². The van der Waals surface area contributed by atoms with Crippen LogP contribution in [0.1, 0.15) is 25.8 Å². The molecule has 0 bridgehead atoms. The number of carbonyl (C=O) groups is 1. The molecule has 0 unspecified atom stereocenters. The molecule has 0 aliphatic carbocycles. The monoisotopic (exact) mass is 402 g/mol. The highest BCUT2D eigenvalue weighted by molar-refractivity contribution is 6.07. The number of hydrogen-bond acceptors (Lipinski definition) is 3. The zero-order valence-electron chi connectivity index (χ0n) is 17.4. The summed E-state index contributed by atoms with van der Waals surface area (Å²) in [6.45, 7) is 5.80. The number of hydrogen-bond donors (Lipinski definition) is 0. The molecular weight excluding hydrogens is 376 g/mol. The van der Waals surface area contributed by atoms with E-state index >= 15 is 0 Å². The molecule has 0 N–H and O–H groups in total. The number of fused-ring (bicyclic) bond motifs is 3. The summed E-state index contributed by atoms with van der Waals surface area (Å²) in [5, 5.41) is 6.19. The summed E-state index contributed by atoms with van der Waals surface area (Å²) in [4.78, 5) is 28.0. The molecule has 0 atom stereocenters. The van der Waals surface area contributed by atoms with E-state index in [1.54, 1.807) is 11.1 Å². The molecule has 4 rings (SSSR count). The summed E-state index contributed by atoms with van der Waals surface area (Å²) < 4.78 is 3.35. The number of benzene rings is 2. The van der Waals surface area contributed by atoms with Crippen LogP contribution in [0.15, 0.2) is 65.6 Å². The lowest BCUT2D eigenvalue weighted by atomic mass is 10.2. The maximum absolute atomic E-state index is 13.3. The normalized spacial score (nSPS) is 11.3. The lowest BCUT2D eigenvalue weighted by Gasteiger charge is -2.21. The van der Waals surface area contributed by atoms with Crippen molar-refractivity contribution in [2.75, 3.05) is 6.54 Å². The molecule has 6 nitrogen and oxygen atoms in total. The van der Waals surface area contributed by atoms with E-state index in [2.05, 4.69) is 16.6 Å². The fourth-order valence-electron chi connectivity index (χ4n) is 3.97. The van der Waals surface area contributed by atoms with Crippen LogP contribution in [0.2, 0.25) is 0 Å². The molecular formula is C24H26N4O2. The summed E-state index contributed by atoms with van der Waals surface area (Å²) in [7, 11) is 0. The Morgan fingerprint density at radius 2 is 1.73 bits per heavy atom. The van der Waals surface area contributed by atoms with Crippen molar-refractivity contribution in [3.8, 4) is 0 Å². The minimum Gasteiger partial charge on any atom is -0.337 e. The number of carbonyl (C=O) groups excluding carboxylic acids is 1.